The molecular weight excluding hydrogens is 410 g/mol. The Morgan fingerprint density at radius 3 is 2.74 bits per heavy atom. The number of benzene rings is 1. The molecule has 1 aromatic rings. The molecule has 0 aliphatic heterocycles. The van der Waals surface area contributed by atoms with Gasteiger partial charge in [0.25, 0.3) is 5.91 Å². The van der Waals surface area contributed by atoms with Gasteiger partial charge >= 0.3 is 0 Å². The topological polar surface area (TPSA) is 58.2 Å². The van der Waals surface area contributed by atoms with E-state index in [1.807, 2.05) is 36.4 Å². The lowest BCUT2D eigenvalue weighted by atomic mass is 9.85. The third-order valence-corrected chi connectivity index (χ3v) is 4.92. The molecule has 2 N–H and O–H groups in total. The van der Waals surface area contributed by atoms with Crippen LogP contribution in [0.3, 0.4) is 0 Å². The van der Waals surface area contributed by atoms with Crippen molar-refractivity contribution in [1.29, 1.82) is 0 Å². The monoisotopic (exact) mass is 432 g/mol. The molecule has 1 aromatic carbocycles. The Morgan fingerprint density at radius 1 is 1.30 bits per heavy atom. The zero-order valence-corrected chi connectivity index (χ0v) is 15.5. The van der Waals surface area contributed by atoms with Crippen LogP contribution in [-0.2, 0) is 4.79 Å². The van der Waals surface area contributed by atoms with Crippen molar-refractivity contribution >= 4 is 34.4 Å². The molecule has 2 amide bonds. The Labute approximate surface area is 149 Å². The van der Waals surface area contributed by atoms with Gasteiger partial charge in [-0.15, -0.1) is 0 Å². The summed E-state index contributed by atoms with van der Waals surface area (Å²) in [6, 6.07) is 4.25. The molecule has 0 radical (unpaired) electrons. The molecule has 4 nitrogen and oxygen atoms in total. The first-order valence-corrected chi connectivity index (χ1v) is 9.01. The molecule has 0 spiro atoms. The van der Waals surface area contributed by atoms with Crippen LogP contribution in [0.25, 0.3) is 0 Å². The summed E-state index contributed by atoms with van der Waals surface area (Å²) >= 11 is 2.02. The van der Waals surface area contributed by atoms with Crippen LogP contribution in [-0.4, -0.2) is 23.9 Å². The zero-order chi connectivity index (χ0) is 17.0. The maximum absolute atomic E-state index is 13.3. The summed E-state index contributed by atoms with van der Waals surface area (Å²) < 4.78 is 14.1. The third-order valence-electron chi connectivity index (χ3n) is 3.98. The number of hydrogen-bond acceptors (Lipinski definition) is 2. The largest absolute Gasteiger partial charge is 0.354 e. The van der Waals surface area contributed by atoms with Gasteiger partial charge in [-0.25, -0.2) is 4.39 Å². The van der Waals surface area contributed by atoms with Gasteiger partial charge in [0.2, 0.25) is 5.91 Å². The molecule has 6 heteroatoms. The van der Waals surface area contributed by atoms with Crippen molar-refractivity contribution in [2.75, 3.05) is 0 Å². The van der Waals surface area contributed by atoms with Crippen molar-refractivity contribution < 1.29 is 14.0 Å². The van der Waals surface area contributed by atoms with E-state index in [1.165, 1.54) is 12.1 Å². The van der Waals surface area contributed by atoms with Crippen molar-refractivity contribution in [2.45, 2.75) is 51.6 Å². The zero-order valence-electron chi connectivity index (χ0n) is 13.4. The van der Waals surface area contributed by atoms with Gasteiger partial charge in [0.1, 0.15) is 5.82 Å². The van der Waals surface area contributed by atoms with E-state index >= 15 is 0 Å². The maximum Gasteiger partial charge on any atom is 0.252 e. The SMILES string of the molecule is CC(C)NC(=O)C1CCCC(NC(=O)c2cc(F)ccc2I)C1. The van der Waals surface area contributed by atoms with Gasteiger partial charge in [-0.1, -0.05) is 6.42 Å². The van der Waals surface area contributed by atoms with E-state index in [9.17, 15) is 14.0 Å². The minimum Gasteiger partial charge on any atom is -0.354 e. The fraction of sp³-hybridized carbons (Fsp3) is 0.529. The minimum absolute atomic E-state index is 0.0433. The fourth-order valence-electron chi connectivity index (χ4n) is 2.90. The number of carbonyl (C=O) groups excluding carboxylic acids is 2. The number of rotatable bonds is 4. The number of amides is 2. The van der Waals surface area contributed by atoms with E-state index in [0.29, 0.717) is 15.6 Å². The van der Waals surface area contributed by atoms with E-state index in [4.69, 9.17) is 0 Å². The summed E-state index contributed by atoms with van der Waals surface area (Å²) in [5, 5.41) is 5.88. The molecule has 2 rings (SSSR count). The average Bonchev–Trinajstić information content (AvgIpc) is 2.49. The van der Waals surface area contributed by atoms with Crippen molar-refractivity contribution in [2.24, 2.45) is 5.92 Å². The third kappa shape index (κ3) is 5.16. The summed E-state index contributed by atoms with van der Waals surface area (Å²) in [6.45, 7) is 3.87. The van der Waals surface area contributed by atoms with Gasteiger partial charge < -0.3 is 10.6 Å². The first-order chi connectivity index (χ1) is 10.9. The normalized spacial score (nSPS) is 21.1. The van der Waals surface area contributed by atoms with E-state index in [1.54, 1.807) is 6.07 Å². The number of nitrogens with one attached hydrogen (secondary N) is 2. The molecule has 23 heavy (non-hydrogen) atoms. The Kier molecular flexibility index (Phi) is 6.38. The molecule has 0 saturated heterocycles. The van der Waals surface area contributed by atoms with E-state index < -0.39 is 5.82 Å². The standard InChI is InChI=1S/C17H22FIN2O2/c1-10(2)20-16(22)11-4-3-5-13(8-11)21-17(23)14-9-12(18)6-7-15(14)19/h6-7,9-11,13H,3-5,8H2,1-2H3,(H,20,22)(H,21,23). The minimum atomic E-state index is -0.423. The van der Waals surface area contributed by atoms with Crippen LogP contribution in [0, 0.1) is 15.3 Å². The van der Waals surface area contributed by atoms with Crippen LogP contribution in [0.5, 0.6) is 0 Å². The molecular formula is C17H22FIN2O2. The lowest BCUT2D eigenvalue weighted by Crippen LogP contribution is -2.43. The van der Waals surface area contributed by atoms with Crippen molar-refractivity contribution in [1.82, 2.24) is 10.6 Å². The fourth-order valence-corrected chi connectivity index (χ4v) is 3.48. The highest BCUT2D eigenvalue weighted by Gasteiger charge is 2.28. The molecule has 1 aliphatic rings. The summed E-state index contributed by atoms with van der Waals surface area (Å²) in [5.74, 6) is -0.709. The highest BCUT2D eigenvalue weighted by atomic mass is 127. The first-order valence-electron chi connectivity index (χ1n) is 7.93. The van der Waals surface area contributed by atoms with Crippen LogP contribution in [0.1, 0.15) is 49.9 Å². The summed E-state index contributed by atoms with van der Waals surface area (Å²) in [5.41, 5.74) is 0.347. The van der Waals surface area contributed by atoms with Crippen molar-refractivity contribution in [3.05, 3.63) is 33.1 Å². The summed E-state index contributed by atoms with van der Waals surface area (Å²) in [7, 11) is 0. The highest BCUT2D eigenvalue weighted by molar-refractivity contribution is 14.1. The summed E-state index contributed by atoms with van der Waals surface area (Å²) in [4.78, 5) is 24.5. The predicted molar refractivity (Wildman–Crippen MR) is 95.6 cm³/mol. The van der Waals surface area contributed by atoms with Gasteiger partial charge in [0.15, 0.2) is 0 Å². The molecule has 1 fully saturated rings. The number of carbonyl (C=O) groups is 2. The molecule has 1 saturated carbocycles. The second kappa shape index (κ2) is 8.08. The van der Waals surface area contributed by atoms with E-state index in [0.717, 1.165) is 19.3 Å². The van der Waals surface area contributed by atoms with Crippen molar-refractivity contribution in [3.63, 3.8) is 0 Å². The smallest absolute Gasteiger partial charge is 0.252 e. The average molecular weight is 432 g/mol. The molecule has 0 aromatic heterocycles. The van der Waals surface area contributed by atoms with E-state index in [-0.39, 0.29) is 29.8 Å². The molecule has 2 unspecified atom stereocenters. The lowest BCUT2D eigenvalue weighted by molar-refractivity contribution is -0.126. The summed E-state index contributed by atoms with van der Waals surface area (Å²) in [6.07, 6.45) is 3.24. The van der Waals surface area contributed by atoms with Gasteiger partial charge in [0.05, 0.1) is 5.56 Å². The molecule has 0 bridgehead atoms. The van der Waals surface area contributed by atoms with Crippen molar-refractivity contribution in [3.8, 4) is 0 Å². The Hall–Kier alpha value is -1.18. The van der Waals surface area contributed by atoms with Crippen LogP contribution < -0.4 is 10.6 Å². The van der Waals surface area contributed by atoms with Crippen LogP contribution in [0.2, 0.25) is 0 Å². The number of hydrogen-bond donors (Lipinski definition) is 2. The Balaban J connectivity index is 1.98. The van der Waals surface area contributed by atoms with Crippen LogP contribution in [0.4, 0.5) is 4.39 Å². The van der Waals surface area contributed by atoms with Crippen LogP contribution in [0.15, 0.2) is 18.2 Å². The number of halogens is 2. The van der Waals surface area contributed by atoms with Crippen LogP contribution >= 0.6 is 22.6 Å². The first kappa shape index (κ1) is 18.2. The maximum atomic E-state index is 13.3. The molecule has 1 aliphatic carbocycles. The molecule has 0 heterocycles. The Bertz CT molecular complexity index is 592. The Morgan fingerprint density at radius 2 is 2.04 bits per heavy atom. The molecule has 126 valence electrons. The highest BCUT2D eigenvalue weighted by Crippen LogP contribution is 2.25. The van der Waals surface area contributed by atoms with Gasteiger partial charge in [-0.3, -0.25) is 9.59 Å². The second-order valence-corrected chi connectivity index (χ2v) is 7.48. The van der Waals surface area contributed by atoms with Gasteiger partial charge in [-0.05, 0) is 73.9 Å². The quantitative estimate of drug-likeness (QED) is 0.718. The second-order valence-electron chi connectivity index (χ2n) is 6.32. The van der Waals surface area contributed by atoms with E-state index in [2.05, 4.69) is 10.6 Å². The van der Waals surface area contributed by atoms with Gasteiger partial charge in [-0.2, -0.15) is 0 Å². The van der Waals surface area contributed by atoms with Gasteiger partial charge in [0, 0.05) is 21.6 Å². The predicted octanol–water partition coefficient (Wildman–Crippen LogP) is 3.24. The molecule has 2 atom stereocenters. The lowest BCUT2D eigenvalue weighted by Gasteiger charge is -2.29.